The zero-order valence-corrected chi connectivity index (χ0v) is 17.0. The molecular weight excluding hydrogens is 398 g/mol. The van der Waals surface area contributed by atoms with Gasteiger partial charge >= 0.3 is 0 Å². The van der Waals surface area contributed by atoms with Gasteiger partial charge in [0, 0.05) is 54.2 Å². The molecule has 0 aliphatic carbocycles. The number of anilines is 1. The Bertz CT molecular complexity index is 1180. The average molecular weight is 418 g/mol. The maximum atomic E-state index is 13.0. The summed E-state index contributed by atoms with van der Waals surface area (Å²) in [6, 6.07) is 21.4. The number of aromatic nitrogens is 3. The molecule has 2 aromatic carbocycles. The molecule has 0 atom stereocenters. The van der Waals surface area contributed by atoms with E-state index in [0.29, 0.717) is 24.3 Å². The molecule has 0 radical (unpaired) electrons. The van der Waals surface area contributed by atoms with Crippen LogP contribution in [0.25, 0.3) is 17.0 Å². The highest BCUT2D eigenvalue weighted by Crippen LogP contribution is 2.21. The van der Waals surface area contributed by atoms with Gasteiger partial charge in [-0.3, -0.25) is 9.20 Å². The molecule has 0 spiro atoms. The van der Waals surface area contributed by atoms with Gasteiger partial charge in [-0.1, -0.05) is 41.9 Å². The van der Waals surface area contributed by atoms with Gasteiger partial charge < -0.3 is 9.80 Å². The summed E-state index contributed by atoms with van der Waals surface area (Å²) in [7, 11) is 0. The van der Waals surface area contributed by atoms with Gasteiger partial charge in [0.1, 0.15) is 0 Å². The summed E-state index contributed by atoms with van der Waals surface area (Å²) in [5, 5.41) is 9.29. The molecule has 2 aromatic heterocycles. The summed E-state index contributed by atoms with van der Waals surface area (Å²) in [4.78, 5) is 17.2. The molecule has 0 N–H and O–H groups in total. The number of carbonyl (C=O) groups is 1. The van der Waals surface area contributed by atoms with Crippen molar-refractivity contribution in [3.63, 3.8) is 0 Å². The fraction of sp³-hybridized carbons (Fsp3) is 0.174. The fourth-order valence-corrected chi connectivity index (χ4v) is 3.94. The molecule has 3 heterocycles. The third kappa shape index (κ3) is 3.50. The van der Waals surface area contributed by atoms with Crippen LogP contribution in [0.3, 0.4) is 0 Å². The molecule has 6 nitrogen and oxygen atoms in total. The van der Waals surface area contributed by atoms with Gasteiger partial charge in [0.05, 0.1) is 0 Å². The molecule has 150 valence electrons. The normalized spacial score (nSPS) is 14.3. The number of piperazine rings is 1. The van der Waals surface area contributed by atoms with Gasteiger partial charge in [0.2, 0.25) is 0 Å². The minimum absolute atomic E-state index is 0.0255. The van der Waals surface area contributed by atoms with Crippen molar-refractivity contribution in [1.82, 2.24) is 19.5 Å². The van der Waals surface area contributed by atoms with Gasteiger partial charge in [-0.05, 0) is 36.4 Å². The maximum absolute atomic E-state index is 13.0. The van der Waals surface area contributed by atoms with Crippen molar-refractivity contribution in [3.05, 3.63) is 83.5 Å². The SMILES string of the molecule is O=C(c1ccn2c(-c3ccccc3)nnc2c1)N1CCN(c2ccc(Cl)cc2)CC1. The lowest BCUT2D eigenvalue weighted by atomic mass is 10.2. The van der Waals surface area contributed by atoms with E-state index >= 15 is 0 Å². The van der Waals surface area contributed by atoms with Gasteiger partial charge in [0.25, 0.3) is 5.91 Å². The van der Waals surface area contributed by atoms with Crippen molar-refractivity contribution < 1.29 is 4.79 Å². The van der Waals surface area contributed by atoms with E-state index in [9.17, 15) is 4.79 Å². The lowest BCUT2D eigenvalue weighted by Gasteiger charge is -2.36. The van der Waals surface area contributed by atoms with Crippen molar-refractivity contribution in [2.45, 2.75) is 0 Å². The molecule has 1 fully saturated rings. The van der Waals surface area contributed by atoms with Crippen LogP contribution in [0.1, 0.15) is 10.4 Å². The summed E-state index contributed by atoms with van der Waals surface area (Å²) in [5.74, 6) is 0.790. The monoisotopic (exact) mass is 417 g/mol. The predicted molar refractivity (Wildman–Crippen MR) is 118 cm³/mol. The first-order valence-corrected chi connectivity index (χ1v) is 10.3. The molecule has 4 aromatic rings. The molecule has 0 saturated carbocycles. The number of rotatable bonds is 3. The summed E-state index contributed by atoms with van der Waals surface area (Å²) in [6.45, 7) is 2.93. The topological polar surface area (TPSA) is 53.7 Å². The maximum Gasteiger partial charge on any atom is 0.254 e. The minimum atomic E-state index is 0.0255. The zero-order chi connectivity index (χ0) is 20.5. The quantitative estimate of drug-likeness (QED) is 0.505. The Labute approximate surface area is 179 Å². The molecule has 0 bridgehead atoms. The molecule has 1 aliphatic rings. The molecule has 5 rings (SSSR count). The van der Waals surface area contributed by atoms with Gasteiger partial charge in [-0.2, -0.15) is 0 Å². The van der Waals surface area contributed by atoms with E-state index in [4.69, 9.17) is 11.6 Å². The first-order valence-electron chi connectivity index (χ1n) is 9.89. The lowest BCUT2D eigenvalue weighted by Crippen LogP contribution is -2.48. The molecule has 7 heteroatoms. The van der Waals surface area contributed by atoms with Crippen LogP contribution in [0.15, 0.2) is 72.9 Å². The van der Waals surface area contributed by atoms with Gasteiger partial charge in [0.15, 0.2) is 11.5 Å². The number of hydrogen-bond acceptors (Lipinski definition) is 4. The first kappa shape index (κ1) is 18.6. The third-order valence-corrected chi connectivity index (χ3v) is 5.70. The van der Waals surface area contributed by atoms with Gasteiger partial charge in [-0.15, -0.1) is 10.2 Å². The van der Waals surface area contributed by atoms with Crippen molar-refractivity contribution in [3.8, 4) is 11.4 Å². The van der Waals surface area contributed by atoms with Gasteiger partial charge in [-0.25, -0.2) is 0 Å². The smallest absolute Gasteiger partial charge is 0.254 e. The summed E-state index contributed by atoms with van der Waals surface area (Å²) in [6.07, 6.45) is 1.87. The molecular formula is C23H20ClN5O. The van der Waals surface area contributed by atoms with E-state index in [0.717, 1.165) is 35.2 Å². The number of hydrogen-bond donors (Lipinski definition) is 0. The molecule has 30 heavy (non-hydrogen) atoms. The Morgan fingerprint density at radius 2 is 1.60 bits per heavy atom. The van der Waals surface area contributed by atoms with Crippen LogP contribution in [0.4, 0.5) is 5.69 Å². The highest BCUT2D eigenvalue weighted by molar-refractivity contribution is 6.30. The zero-order valence-electron chi connectivity index (χ0n) is 16.3. The molecule has 1 saturated heterocycles. The Kier molecular flexibility index (Phi) is 4.85. The first-order chi connectivity index (χ1) is 14.7. The summed E-state index contributed by atoms with van der Waals surface area (Å²) < 4.78 is 1.91. The Morgan fingerprint density at radius 3 is 2.33 bits per heavy atom. The highest BCUT2D eigenvalue weighted by atomic mass is 35.5. The number of benzene rings is 2. The number of fused-ring (bicyclic) bond motifs is 1. The molecule has 1 amide bonds. The van der Waals surface area contributed by atoms with E-state index in [-0.39, 0.29) is 5.91 Å². The van der Waals surface area contributed by atoms with Crippen LogP contribution in [0, 0.1) is 0 Å². The van der Waals surface area contributed by atoms with E-state index in [1.807, 2.05) is 82.2 Å². The van der Waals surface area contributed by atoms with Crippen molar-refractivity contribution >= 4 is 28.8 Å². The van der Waals surface area contributed by atoms with E-state index < -0.39 is 0 Å². The van der Waals surface area contributed by atoms with Crippen LogP contribution in [0.5, 0.6) is 0 Å². The Morgan fingerprint density at radius 1 is 0.867 bits per heavy atom. The standard InChI is InChI=1S/C23H20ClN5O/c24-19-6-8-20(9-7-19)27-12-14-28(15-13-27)23(30)18-10-11-29-21(16-18)25-26-22(29)17-4-2-1-3-5-17/h1-11,16H,12-15H2. The summed E-state index contributed by atoms with van der Waals surface area (Å²) >= 11 is 5.98. The molecule has 1 aliphatic heterocycles. The van der Waals surface area contributed by atoms with Crippen molar-refractivity contribution in [1.29, 1.82) is 0 Å². The fourth-order valence-electron chi connectivity index (χ4n) is 3.81. The minimum Gasteiger partial charge on any atom is -0.368 e. The van der Waals surface area contributed by atoms with Crippen molar-refractivity contribution in [2.24, 2.45) is 0 Å². The number of halogens is 1. The average Bonchev–Trinajstić information content (AvgIpc) is 3.23. The van der Waals surface area contributed by atoms with E-state index in [1.165, 1.54) is 0 Å². The Balaban J connectivity index is 1.31. The summed E-state index contributed by atoms with van der Waals surface area (Å²) in [5.41, 5.74) is 3.42. The predicted octanol–water partition coefficient (Wildman–Crippen LogP) is 4.01. The second-order valence-corrected chi connectivity index (χ2v) is 7.73. The van der Waals surface area contributed by atoms with Crippen molar-refractivity contribution in [2.75, 3.05) is 31.1 Å². The van der Waals surface area contributed by atoms with Crippen LogP contribution in [0.2, 0.25) is 5.02 Å². The largest absolute Gasteiger partial charge is 0.368 e. The number of nitrogens with zero attached hydrogens (tertiary/aromatic N) is 5. The third-order valence-electron chi connectivity index (χ3n) is 5.45. The van der Waals surface area contributed by atoms with E-state index in [1.54, 1.807) is 0 Å². The number of amides is 1. The number of carbonyl (C=O) groups excluding carboxylic acids is 1. The second kappa shape index (κ2) is 7.80. The highest BCUT2D eigenvalue weighted by Gasteiger charge is 2.23. The lowest BCUT2D eigenvalue weighted by molar-refractivity contribution is 0.0747. The van der Waals surface area contributed by atoms with Crippen LogP contribution in [-0.2, 0) is 0 Å². The molecule has 0 unspecified atom stereocenters. The van der Waals surface area contributed by atoms with Crippen LogP contribution >= 0.6 is 11.6 Å². The second-order valence-electron chi connectivity index (χ2n) is 7.29. The Hall–Kier alpha value is -3.38. The van der Waals surface area contributed by atoms with Crippen LogP contribution < -0.4 is 4.90 Å². The number of pyridine rings is 1. The van der Waals surface area contributed by atoms with E-state index in [2.05, 4.69) is 15.1 Å². The van der Waals surface area contributed by atoms with Crippen LogP contribution in [-0.4, -0.2) is 51.6 Å².